The first kappa shape index (κ1) is 13.8. The Labute approximate surface area is 133 Å². The second-order valence-corrected chi connectivity index (χ2v) is 8.61. The SMILES string of the molecule is Cc1nc2n(n1)CCC[C@@H]2N[C@@H]1C[C@H](C)Sc2sccc21. The molecule has 0 aromatic carbocycles. The molecule has 0 saturated heterocycles. The van der Waals surface area contributed by atoms with Gasteiger partial charge in [0.25, 0.3) is 0 Å². The Morgan fingerprint density at radius 1 is 1.38 bits per heavy atom. The molecule has 0 aliphatic carbocycles. The molecule has 6 heteroatoms. The van der Waals surface area contributed by atoms with Crippen LogP contribution in [0.2, 0.25) is 0 Å². The molecule has 0 saturated carbocycles. The molecule has 0 unspecified atom stereocenters. The molecule has 4 rings (SSSR count). The van der Waals surface area contributed by atoms with Gasteiger partial charge in [0.05, 0.1) is 10.3 Å². The van der Waals surface area contributed by atoms with E-state index in [9.17, 15) is 0 Å². The van der Waals surface area contributed by atoms with Crippen molar-refractivity contribution in [2.24, 2.45) is 0 Å². The van der Waals surface area contributed by atoms with Crippen molar-refractivity contribution < 1.29 is 0 Å². The normalized spacial score (nSPS) is 28.2. The minimum atomic E-state index is 0.341. The molecule has 0 radical (unpaired) electrons. The molecule has 2 aromatic rings. The van der Waals surface area contributed by atoms with E-state index in [1.807, 2.05) is 30.0 Å². The minimum absolute atomic E-state index is 0.341. The molecule has 4 heterocycles. The van der Waals surface area contributed by atoms with Crippen LogP contribution in [0.5, 0.6) is 0 Å². The fourth-order valence-corrected chi connectivity index (χ4v) is 5.94. The van der Waals surface area contributed by atoms with Gasteiger partial charge in [-0.05, 0) is 43.2 Å². The van der Waals surface area contributed by atoms with Crippen LogP contribution in [-0.4, -0.2) is 20.0 Å². The van der Waals surface area contributed by atoms with Crippen LogP contribution >= 0.6 is 23.1 Å². The topological polar surface area (TPSA) is 42.7 Å². The van der Waals surface area contributed by atoms with E-state index in [2.05, 4.69) is 38.5 Å². The number of aryl methyl sites for hydroxylation is 2. The maximum atomic E-state index is 4.65. The van der Waals surface area contributed by atoms with E-state index < -0.39 is 0 Å². The lowest BCUT2D eigenvalue weighted by Crippen LogP contribution is -2.34. The summed E-state index contributed by atoms with van der Waals surface area (Å²) in [7, 11) is 0. The fourth-order valence-electron chi connectivity index (χ4n) is 3.38. The highest BCUT2D eigenvalue weighted by atomic mass is 32.2. The second kappa shape index (κ2) is 5.41. The van der Waals surface area contributed by atoms with Gasteiger partial charge in [-0.25, -0.2) is 9.67 Å². The Morgan fingerprint density at radius 3 is 3.19 bits per heavy atom. The highest BCUT2D eigenvalue weighted by Gasteiger charge is 2.31. The average molecular weight is 320 g/mol. The van der Waals surface area contributed by atoms with Crippen LogP contribution < -0.4 is 5.32 Å². The Balaban J connectivity index is 1.60. The number of rotatable bonds is 2. The van der Waals surface area contributed by atoms with Gasteiger partial charge >= 0.3 is 0 Å². The van der Waals surface area contributed by atoms with E-state index in [1.165, 1.54) is 22.6 Å². The van der Waals surface area contributed by atoms with Crippen LogP contribution in [0, 0.1) is 6.92 Å². The molecule has 0 fully saturated rings. The van der Waals surface area contributed by atoms with E-state index in [0.717, 1.165) is 24.6 Å². The minimum Gasteiger partial charge on any atom is -0.300 e. The Morgan fingerprint density at radius 2 is 2.29 bits per heavy atom. The molecule has 21 heavy (non-hydrogen) atoms. The number of thiophene rings is 1. The lowest BCUT2D eigenvalue weighted by molar-refractivity contribution is 0.326. The van der Waals surface area contributed by atoms with Gasteiger partial charge < -0.3 is 5.32 Å². The van der Waals surface area contributed by atoms with Gasteiger partial charge in [-0.3, -0.25) is 0 Å². The van der Waals surface area contributed by atoms with Crippen molar-refractivity contribution >= 4 is 23.1 Å². The highest BCUT2D eigenvalue weighted by molar-refractivity contribution is 8.01. The van der Waals surface area contributed by atoms with Gasteiger partial charge in [-0.2, -0.15) is 5.10 Å². The summed E-state index contributed by atoms with van der Waals surface area (Å²) in [4.78, 5) is 4.65. The molecule has 0 amide bonds. The zero-order valence-corrected chi connectivity index (χ0v) is 14.0. The van der Waals surface area contributed by atoms with Gasteiger partial charge in [0.2, 0.25) is 0 Å². The Kier molecular flexibility index (Phi) is 3.55. The third kappa shape index (κ3) is 2.53. The zero-order chi connectivity index (χ0) is 14.4. The van der Waals surface area contributed by atoms with Crippen molar-refractivity contribution in [3.63, 3.8) is 0 Å². The molecular weight excluding hydrogens is 300 g/mol. The summed E-state index contributed by atoms with van der Waals surface area (Å²) in [5.41, 5.74) is 1.48. The second-order valence-electron chi connectivity index (χ2n) is 5.98. The van der Waals surface area contributed by atoms with E-state index in [4.69, 9.17) is 0 Å². The smallest absolute Gasteiger partial charge is 0.147 e. The first-order valence-electron chi connectivity index (χ1n) is 7.62. The molecular formula is C15H20N4S2. The number of nitrogens with one attached hydrogen (secondary N) is 1. The van der Waals surface area contributed by atoms with Crippen molar-refractivity contribution in [3.8, 4) is 0 Å². The third-order valence-electron chi connectivity index (χ3n) is 4.29. The van der Waals surface area contributed by atoms with Gasteiger partial charge in [0.15, 0.2) is 0 Å². The predicted octanol–water partition coefficient (Wildman–Crippen LogP) is 3.70. The van der Waals surface area contributed by atoms with Crippen molar-refractivity contribution in [1.29, 1.82) is 0 Å². The van der Waals surface area contributed by atoms with Crippen LogP contribution in [0.3, 0.4) is 0 Å². The average Bonchev–Trinajstić information content (AvgIpc) is 3.04. The first-order chi connectivity index (χ1) is 10.2. The monoisotopic (exact) mass is 320 g/mol. The zero-order valence-electron chi connectivity index (χ0n) is 12.4. The molecule has 3 atom stereocenters. The highest BCUT2D eigenvalue weighted by Crippen LogP contribution is 2.44. The standard InChI is InChI=1S/C15H20N4S2/c1-9-8-13(11-5-7-20-15(11)21-9)17-12-4-3-6-19-14(12)16-10(2)18-19/h5,7,9,12-13,17H,3-4,6,8H2,1-2H3/t9-,12-,13+/m0/s1. The molecule has 2 aromatic heterocycles. The molecule has 0 spiro atoms. The fraction of sp³-hybridized carbons (Fsp3) is 0.600. The van der Waals surface area contributed by atoms with Crippen molar-refractivity contribution in [1.82, 2.24) is 20.1 Å². The van der Waals surface area contributed by atoms with Crippen LogP contribution in [0.4, 0.5) is 0 Å². The number of nitrogens with zero attached hydrogens (tertiary/aromatic N) is 3. The first-order valence-corrected chi connectivity index (χ1v) is 9.38. The van der Waals surface area contributed by atoms with E-state index in [0.29, 0.717) is 17.3 Å². The van der Waals surface area contributed by atoms with Crippen molar-refractivity contribution in [2.45, 2.75) is 61.2 Å². The Bertz CT molecular complexity index is 648. The molecule has 112 valence electrons. The van der Waals surface area contributed by atoms with Crippen LogP contribution in [-0.2, 0) is 6.54 Å². The summed E-state index contributed by atoms with van der Waals surface area (Å²) < 4.78 is 3.58. The molecule has 4 nitrogen and oxygen atoms in total. The number of hydrogen-bond donors (Lipinski definition) is 1. The molecule has 0 bridgehead atoms. The van der Waals surface area contributed by atoms with Crippen molar-refractivity contribution in [2.75, 3.05) is 0 Å². The molecule has 2 aliphatic heterocycles. The Hall–Kier alpha value is -0.850. The third-order valence-corrected chi connectivity index (χ3v) is 6.64. The predicted molar refractivity (Wildman–Crippen MR) is 86.9 cm³/mol. The number of thioether (sulfide) groups is 1. The van der Waals surface area contributed by atoms with E-state index in [1.54, 1.807) is 0 Å². The molecule has 2 aliphatic rings. The summed E-state index contributed by atoms with van der Waals surface area (Å²) in [6.45, 7) is 5.32. The molecule has 1 N–H and O–H groups in total. The number of hydrogen-bond acceptors (Lipinski definition) is 5. The van der Waals surface area contributed by atoms with Crippen LogP contribution in [0.25, 0.3) is 0 Å². The lowest BCUT2D eigenvalue weighted by atomic mass is 10.0. The quantitative estimate of drug-likeness (QED) is 0.916. The van der Waals surface area contributed by atoms with E-state index >= 15 is 0 Å². The summed E-state index contributed by atoms with van der Waals surface area (Å²) >= 11 is 3.89. The van der Waals surface area contributed by atoms with Gasteiger partial charge in [0, 0.05) is 17.8 Å². The van der Waals surface area contributed by atoms with Gasteiger partial charge in [0.1, 0.15) is 11.6 Å². The summed E-state index contributed by atoms with van der Waals surface area (Å²) in [5.74, 6) is 2.02. The lowest BCUT2D eigenvalue weighted by Gasteiger charge is -2.32. The maximum absolute atomic E-state index is 4.65. The summed E-state index contributed by atoms with van der Waals surface area (Å²) in [5, 5.41) is 11.3. The maximum Gasteiger partial charge on any atom is 0.147 e. The van der Waals surface area contributed by atoms with Crippen LogP contribution in [0.1, 0.15) is 55.5 Å². The largest absolute Gasteiger partial charge is 0.300 e. The van der Waals surface area contributed by atoms with E-state index in [-0.39, 0.29) is 0 Å². The summed E-state index contributed by atoms with van der Waals surface area (Å²) in [6.07, 6.45) is 3.54. The number of aromatic nitrogens is 3. The van der Waals surface area contributed by atoms with Crippen molar-refractivity contribution in [3.05, 3.63) is 28.7 Å². The number of fused-ring (bicyclic) bond motifs is 2. The van der Waals surface area contributed by atoms with Gasteiger partial charge in [-0.15, -0.1) is 23.1 Å². The van der Waals surface area contributed by atoms with Gasteiger partial charge in [-0.1, -0.05) is 6.92 Å². The summed E-state index contributed by atoms with van der Waals surface area (Å²) in [6, 6.07) is 3.08. The van der Waals surface area contributed by atoms with Crippen LogP contribution in [0.15, 0.2) is 15.7 Å².